The van der Waals surface area contributed by atoms with Gasteiger partial charge in [0, 0.05) is 19.4 Å². The highest BCUT2D eigenvalue weighted by atomic mass is 19.4. The minimum Gasteiger partial charge on any atom is -0.429 e. The summed E-state index contributed by atoms with van der Waals surface area (Å²) in [5.41, 5.74) is 0. The van der Waals surface area contributed by atoms with E-state index in [9.17, 15) is 22.8 Å². The molecular weight excluding hydrogens is 291 g/mol. The lowest BCUT2D eigenvalue weighted by Gasteiger charge is -2.18. The number of rotatable bonds is 4. The number of likely N-dealkylation sites (tertiary alicyclic amines) is 1. The number of carbonyl (C=O) groups excluding carboxylic acids is 2. The number of hydrogen-bond acceptors (Lipinski definition) is 4. The largest absolute Gasteiger partial charge is 0.429 e. The van der Waals surface area contributed by atoms with Crippen molar-refractivity contribution in [2.24, 2.45) is 5.92 Å². The second-order valence-electron chi connectivity index (χ2n) is 4.77. The summed E-state index contributed by atoms with van der Waals surface area (Å²) in [5, 5.41) is 2.37. The van der Waals surface area contributed by atoms with Gasteiger partial charge in [0.15, 0.2) is 0 Å². The lowest BCUT2D eigenvalue weighted by atomic mass is 10.1. The van der Waals surface area contributed by atoms with E-state index in [1.165, 1.54) is 6.20 Å². The monoisotopic (exact) mass is 305 g/mol. The first kappa shape index (κ1) is 15.3. The fourth-order valence-electron chi connectivity index (χ4n) is 2.05. The minimum absolute atomic E-state index is 0.0152. The zero-order valence-electron chi connectivity index (χ0n) is 11.2. The molecule has 0 aromatic carbocycles. The van der Waals surface area contributed by atoms with Crippen LogP contribution in [0.1, 0.15) is 19.1 Å². The average Bonchev–Trinajstić information content (AvgIpc) is 2.95. The summed E-state index contributed by atoms with van der Waals surface area (Å²) in [6.45, 7) is 0.247. The first-order valence-corrected chi connectivity index (χ1v) is 6.38. The molecule has 0 spiro atoms. The molecule has 1 aromatic heterocycles. The Labute approximate surface area is 118 Å². The topological polar surface area (TPSA) is 75.4 Å². The molecule has 116 valence electrons. The van der Waals surface area contributed by atoms with E-state index in [0.29, 0.717) is 17.1 Å². The smallest absolute Gasteiger partial charge is 0.406 e. The van der Waals surface area contributed by atoms with Crippen LogP contribution in [0.2, 0.25) is 0 Å². The first-order valence-electron chi connectivity index (χ1n) is 6.38. The van der Waals surface area contributed by atoms with Crippen molar-refractivity contribution in [2.75, 3.05) is 18.4 Å². The number of alkyl halides is 3. The van der Waals surface area contributed by atoms with Crippen molar-refractivity contribution in [3.05, 3.63) is 12.0 Å². The van der Waals surface area contributed by atoms with Crippen LogP contribution in [0.25, 0.3) is 0 Å². The molecule has 6 nitrogen and oxygen atoms in total. The molecule has 1 fully saturated rings. The van der Waals surface area contributed by atoms with Gasteiger partial charge in [0.05, 0.1) is 12.1 Å². The highest BCUT2D eigenvalue weighted by Crippen LogP contribution is 2.24. The van der Waals surface area contributed by atoms with E-state index in [0.717, 1.165) is 0 Å². The molecule has 21 heavy (non-hydrogen) atoms. The lowest BCUT2D eigenvalue weighted by molar-refractivity contribution is -0.157. The number of carbonyl (C=O) groups is 2. The summed E-state index contributed by atoms with van der Waals surface area (Å²) in [6, 6.07) is -0.0152. The van der Waals surface area contributed by atoms with Crippen molar-refractivity contribution in [1.82, 2.24) is 9.88 Å². The van der Waals surface area contributed by atoms with Gasteiger partial charge in [-0.25, -0.2) is 4.98 Å². The van der Waals surface area contributed by atoms with E-state index < -0.39 is 30.5 Å². The van der Waals surface area contributed by atoms with Gasteiger partial charge in [0.25, 0.3) is 0 Å². The van der Waals surface area contributed by atoms with Crippen LogP contribution in [-0.2, 0) is 16.0 Å². The molecule has 2 amide bonds. The molecule has 1 atom stereocenters. The molecular formula is C12H14F3N3O3. The number of amides is 2. The van der Waals surface area contributed by atoms with Crippen LogP contribution in [0.3, 0.4) is 0 Å². The van der Waals surface area contributed by atoms with Crippen molar-refractivity contribution in [1.29, 1.82) is 0 Å². The molecule has 0 saturated carbocycles. The van der Waals surface area contributed by atoms with Gasteiger partial charge >= 0.3 is 12.2 Å². The van der Waals surface area contributed by atoms with Gasteiger partial charge in [-0.1, -0.05) is 6.92 Å². The van der Waals surface area contributed by atoms with Crippen LogP contribution >= 0.6 is 0 Å². The molecule has 9 heteroatoms. The number of aromatic nitrogens is 1. The van der Waals surface area contributed by atoms with E-state index in [2.05, 4.69) is 10.3 Å². The first-order chi connectivity index (χ1) is 9.78. The maximum Gasteiger partial charge on any atom is 0.406 e. The summed E-state index contributed by atoms with van der Waals surface area (Å²) in [6.07, 6.45) is -2.67. The van der Waals surface area contributed by atoms with Crippen LogP contribution < -0.4 is 5.32 Å². The van der Waals surface area contributed by atoms with Gasteiger partial charge in [-0.15, -0.1) is 0 Å². The average molecular weight is 305 g/mol. The van der Waals surface area contributed by atoms with Crippen LogP contribution in [-0.4, -0.2) is 41.0 Å². The summed E-state index contributed by atoms with van der Waals surface area (Å²) in [4.78, 5) is 27.8. The second-order valence-corrected chi connectivity index (χ2v) is 4.77. The fourth-order valence-corrected chi connectivity index (χ4v) is 2.05. The van der Waals surface area contributed by atoms with Crippen LogP contribution in [0.15, 0.2) is 10.6 Å². The predicted octanol–water partition coefficient (Wildman–Crippen LogP) is 1.59. The third kappa shape index (κ3) is 3.96. The minimum atomic E-state index is -4.47. The maximum atomic E-state index is 12.3. The van der Waals surface area contributed by atoms with E-state index in [4.69, 9.17) is 4.42 Å². The zero-order valence-corrected chi connectivity index (χ0v) is 11.2. The van der Waals surface area contributed by atoms with Gasteiger partial charge in [-0.2, -0.15) is 13.2 Å². The normalized spacial score (nSPS) is 19.1. The summed E-state index contributed by atoms with van der Waals surface area (Å²) in [5.74, 6) is -1.52. The molecule has 1 saturated heterocycles. The highest BCUT2D eigenvalue weighted by molar-refractivity contribution is 5.95. The Morgan fingerprint density at radius 3 is 2.86 bits per heavy atom. The van der Waals surface area contributed by atoms with Gasteiger partial charge in [0.1, 0.15) is 12.3 Å². The van der Waals surface area contributed by atoms with E-state index in [1.54, 1.807) is 0 Å². The molecule has 1 N–H and O–H groups in total. The standard InChI is InChI=1S/C12H14F3N3O3/c1-2-8-4-16-11(21-8)17-10(20)7-3-9(19)18(5-7)6-12(13,14)15/h4,7H,2-3,5-6H2,1H3,(H,16,17,20). The summed E-state index contributed by atoms with van der Waals surface area (Å²) in [7, 11) is 0. The van der Waals surface area contributed by atoms with E-state index >= 15 is 0 Å². The second kappa shape index (κ2) is 5.74. The van der Waals surface area contributed by atoms with E-state index in [1.807, 2.05) is 6.92 Å². The molecule has 2 rings (SSSR count). The van der Waals surface area contributed by atoms with Gasteiger partial charge < -0.3 is 9.32 Å². The van der Waals surface area contributed by atoms with Gasteiger partial charge in [-0.05, 0) is 0 Å². The molecule has 0 aliphatic carbocycles. The number of aryl methyl sites for hydroxylation is 1. The fraction of sp³-hybridized carbons (Fsp3) is 0.583. The number of nitrogens with one attached hydrogen (secondary N) is 1. The number of anilines is 1. The molecule has 1 aromatic rings. The Morgan fingerprint density at radius 1 is 1.57 bits per heavy atom. The molecule has 1 aliphatic heterocycles. The van der Waals surface area contributed by atoms with Gasteiger partial charge in [-0.3, -0.25) is 14.9 Å². The Hall–Kier alpha value is -2.06. The Morgan fingerprint density at radius 2 is 2.29 bits per heavy atom. The van der Waals surface area contributed by atoms with Crippen molar-refractivity contribution in [3.8, 4) is 0 Å². The van der Waals surface area contributed by atoms with Crippen molar-refractivity contribution >= 4 is 17.8 Å². The third-order valence-electron chi connectivity index (χ3n) is 3.09. The Balaban J connectivity index is 1.93. The number of nitrogens with zero attached hydrogens (tertiary/aromatic N) is 2. The van der Waals surface area contributed by atoms with Crippen LogP contribution in [0, 0.1) is 5.92 Å². The third-order valence-corrected chi connectivity index (χ3v) is 3.09. The summed E-state index contributed by atoms with van der Waals surface area (Å²) < 4.78 is 42.0. The Kier molecular flexibility index (Phi) is 4.19. The van der Waals surface area contributed by atoms with Crippen LogP contribution in [0.4, 0.5) is 19.2 Å². The number of hydrogen-bond donors (Lipinski definition) is 1. The van der Waals surface area contributed by atoms with Crippen LogP contribution in [0.5, 0.6) is 0 Å². The van der Waals surface area contributed by atoms with Crippen molar-refractivity contribution < 1.29 is 27.2 Å². The highest BCUT2D eigenvalue weighted by Gasteiger charge is 2.40. The SMILES string of the molecule is CCc1cnc(NC(=O)C2CC(=O)N(CC(F)(F)F)C2)o1. The predicted molar refractivity (Wildman–Crippen MR) is 65.3 cm³/mol. The summed E-state index contributed by atoms with van der Waals surface area (Å²) >= 11 is 0. The van der Waals surface area contributed by atoms with E-state index in [-0.39, 0.29) is 19.0 Å². The molecule has 0 radical (unpaired) electrons. The molecule has 0 bridgehead atoms. The lowest BCUT2D eigenvalue weighted by Crippen LogP contribution is -2.36. The Bertz CT molecular complexity index is 541. The van der Waals surface area contributed by atoms with Crippen molar-refractivity contribution in [3.63, 3.8) is 0 Å². The molecule has 1 unspecified atom stereocenters. The van der Waals surface area contributed by atoms with Crippen molar-refractivity contribution in [2.45, 2.75) is 25.9 Å². The molecule has 2 heterocycles. The maximum absolute atomic E-state index is 12.3. The zero-order chi connectivity index (χ0) is 15.6. The van der Waals surface area contributed by atoms with Gasteiger partial charge in [0.2, 0.25) is 11.8 Å². The number of halogens is 3. The molecule has 1 aliphatic rings. The quantitative estimate of drug-likeness (QED) is 0.916. The number of oxazole rings is 1.